The number of nitrogens with one attached hydrogen (secondary N) is 4. The first-order valence-electron chi connectivity index (χ1n) is 15.3. The number of methoxy groups -OCH3 is 1. The fourth-order valence-electron chi connectivity index (χ4n) is 4.21. The summed E-state index contributed by atoms with van der Waals surface area (Å²) in [7, 11) is 1.41. The highest BCUT2D eigenvalue weighted by Crippen LogP contribution is 2.37. The zero-order valence-corrected chi connectivity index (χ0v) is 28.8. The fraction of sp³-hybridized carbons (Fsp3) is 0.438. The summed E-state index contributed by atoms with van der Waals surface area (Å²) in [5, 5.41) is 37.8. The number of carboxylic acids is 2. The third-order valence-corrected chi connectivity index (χ3v) is 6.57. The number of aliphatic carboxylic acids is 2. The van der Waals surface area contributed by atoms with Crippen LogP contribution in [-0.2, 0) is 19.1 Å². The number of carbonyl (C=O) groups is 4. The Kier molecular flexibility index (Phi) is 12.7. The normalized spacial score (nSPS) is 12.5. The number of nitrogens with zero attached hydrogens (tertiary/aromatic N) is 2. The quantitative estimate of drug-likeness (QED) is 0.105. The molecule has 0 saturated heterocycles. The third kappa shape index (κ3) is 11.6. The molecule has 1 aromatic heterocycles. The average molecular weight is 702 g/mol. The zero-order chi connectivity index (χ0) is 37.2. The number of anilines is 3. The van der Waals surface area contributed by atoms with E-state index in [-0.39, 0.29) is 36.2 Å². The molecule has 50 heavy (non-hydrogen) atoms. The van der Waals surface area contributed by atoms with Gasteiger partial charge in [0.25, 0.3) is 5.89 Å². The van der Waals surface area contributed by atoms with Gasteiger partial charge in [0.1, 0.15) is 35.3 Å². The topological polar surface area (TPSA) is 259 Å². The Morgan fingerprint density at radius 2 is 1.48 bits per heavy atom. The number of nitrogens with two attached hydrogens (primary N) is 1. The lowest BCUT2D eigenvalue weighted by atomic mass is 10.1. The molecule has 272 valence electrons. The number of ether oxygens (including phenoxy) is 4. The van der Waals surface area contributed by atoms with Crippen molar-refractivity contribution in [2.45, 2.75) is 64.8 Å². The molecule has 0 fully saturated rings. The largest absolute Gasteiger partial charge is 0.496 e. The van der Waals surface area contributed by atoms with Gasteiger partial charge >= 0.3 is 24.1 Å². The van der Waals surface area contributed by atoms with Gasteiger partial charge in [-0.05, 0) is 52.8 Å². The van der Waals surface area contributed by atoms with Crippen molar-refractivity contribution in [3.8, 4) is 23.0 Å². The Morgan fingerprint density at radius 1 is 0.880 bits per heavy atom. The Balaban J connectivity index is 1.58. The summed E-state index contributed by atoms with van der Waals surface area (Å²) in [6.07, 6.45) is -1.90. The highest BCUT2D eigenvalue weighted by Gasteiger charge is 2.29. The van der Waals surface area contributed by atoms with Crippen LogP contribution < -0.4 is 36.5 Å². The number of carboxylic acid groups (broad SMARTS) is 2. The maximum atomic E-state index is 12.8. The van der Waals surface area contributed by atoms with Gasteiger partial charge in [-0.1, -0.05) is 12.1 Å². The second-order valence-electron chi connectivity index (χ2n) is 12.5. The van der Waals surface area contributed by atoms with Crippen molar-refractivity contribution in [3.63, 3.8) is 0 Å². The molecule has 0 radical (unpaired) electrons. The van der Waals surface area contributed by atoms with E-state index < -0.39 is 54.0 Å². The van der Waals surface area contributed by atoms with E-state index in [4.69, 9.17) is 29.1 Å². The van der Waals surface area contributed by atoms with Crippen LogP contribution in [0.2, 0.25) is 0 Å². The van der Waals surface area contributed by atoms with Crippen LogP contribution in [0, 0.1) is 6.92 Å². The highest BCUT2D eigenvalue weighted by atomic mass is 16.6. The summed E-state index contributed by atoms with van der Waals surface area (Å²) in [5.74, 6) is -1.78. The summed E-state index contributed by atoms with van der Waals surface area (Å²) >= 11 is 0. The number of amides is 2. The molecule has 1 heterocycles. The van der Waals surface area contributed by atoms with E-state index in [0.717, 1.165) is 0 Å². The average Bonchev–Trinajstić information content (AvgIpc) is 3.45. The predicted octanol–water partition coefficient (Wildman–Crippen LogP) is 3.47. The van der Waals surface area contributed by atoms with Crippen molar-refractivity contribution in [3.05, 3.63) is 42.3 Å². The molecule has 0 aliphatic heterocycles. The number of aryl methyl sites for hydroxylation is 1. The standard InChI is InChI=1S/C32H43N7O11/c1-17-38-39-26(48-17)18-12-19(33)25(13-24(18)46-7)47-15-23(28(42)43)37-30(45)50-32(5,6)16-35-21-11-9-8-10-20(21)34-14-22(27(40)41)36-29(44)49-31(2,3)4/h8-13,22-23,34-35H,14-16,33H2,1-7H3,(H,36,44)(H,37,45)(H,40,41)(H,42,43). The molecule has 3 aromatic rings. The SMILES string of the molecule is COc1cc(OCC(NC(=O)OC(C)(C)CNc2ccccc2NCC(NC(=O)OC(C)(C)C)C(=O)O)C(=O)O)c(N)cc1-c1nnc(C)o1. The molecule has 0 aliphatic rings. The van der Waals surface area contributed by atoms with Crippen molar-refractivity contribution in [1.82, 2.24) is 20.8 Å². The first kappa shape index (κ1) is 38.5. The molecular weight excluding hydrogens is 658 g/mol. The lowest BCUT2D eigenvalue weighted by Gasteiger charge is -2.28. The van der Waals surface area contributed by atoms with Crippen LogP contribution in [0.5, 0.6) is 11.5 Å². The van der Waals surface area contributed by atoms with Gasteiger partial charge in [-0.25, -0.2) is 19.2 Å². The zero-order valence-electron chi connectivity index (χ0n) is 28.8. The Bertz CT molecular complexity index is 1670. The van der Waals surface area contributed by atoms with Gasteiger partial charge in [-0.3, -0.25) is 0 Å². The minimum Gasteiger partial charge on any atom is -0.496 e. The van der Waals surface area contributed by atoms with Crippen molar-refractivity contribution in [2.75, 3.05) is 43.2 Å². The molecule has 2 atom stereocenters. The van der Waals surface area contributed by atoms with Gasteiger partial charge in [-0.2, -0.15) is 0 Å². The van der Waals surface area contributed by atoms with Crippen molar-refractivity contribution >= 4 is 41.2 Å². The van der Waals surface area contributed by atoms with Crippen LogP contribution in [-0.4, -0.2) is 94.6 Å². The molecule has 2 unspecified atom stereocenters. The number of hydrogen-bond donors (Lipinski definition) is 7. The molecule has 0 aliphatic carbocycles. The van der Waals surface area contributed by atoms with Gasteiger partial charge in [0.15, 0.2) is 6.04 Å². The first-order chi connectivity index (χ1) is 23.4. The summed E-state index contributed by atoms with van der Waals surface area (Å²) in [4.78, 5) is 48.6. The Hall–Kier alpha value is -5.94. The second-order valence-corrected chi connectivity index (χ2v) is 12.5. The van der Waals surface area contributed by atoms with Crippen molar-refractivity contribution < 1.29 is 52.8 Å². The Morgan fingerprint density at radius 3 is 2.04 bits per heavy atom. The molecule has 18 heteroatoms. The molecule has 0 saturated carbocycles. The lowest BCUT2D eigenvalue weighted by Crippen LogP contribution is -2.48. The van der Waals surface area contributed by atoms with Crippen LogP contribution in [0.4, 0.5) is 26.7 Å². The molecule has 2 amide bonds. The molecule has 2 aromatic carbocycles. The third-order valence-electron chi connectivity index (χ3n) is 6.57. The summed E-state index contributed by atoms with van der Waals surface area (Å²) < 4.78 is 27.1. The summed E-state index contributed by atoms with van der Waals surface area (Å²) in [6, 6.07) is 6.96. The van der Waals surface area contributed by atoms with Gasteiger partial charge < -0.3 is 60.6 Å². The number of rotatable bonds is 16. The van der Waals surface area contributed by atoms with Crippen LogP contribution >= 0.6 is 0 Å². The predicted molar refractivity (Wildman–Crippen MR) is 180 cm³/mol. The van der Waals surface area contributed by atoms with Gasteiger partial charge in [-0.15, -0.1) is 10.2 Å². The molecule has 0 spiro atoms. The summed E-state index contributed by atoms with van der Waals surface area (Å²) in [5.41, 5.74) is 5.73. The van der Waals surface area contributed by atoms with Gasteiger partial charge in [0.05, 0.1) is 36.3 Å². The first-order valence-corrected chi connectivity index (χ1v) is 15.3. The van der Waals surface area contributed by atoms with E-state index in [9.17, 15) is 29.4 Å². The maximum Gasteiger partial charge on any atom is 0.408 e. The van der Waals surface area contributed by atoms with E-state index in [1.54, 1.807) is 65.8 Å². The van der Waals surface area contributed by atoms with Crippen LogP contribution in [0.1, 0.15) is 40.5 Å². The number of carbonyl (C=O) groups excluding carboxylic acids is 2. The number of aromatic nitrogens is 2. The van der Waals surface area contributed by atoms with Crippen molar-refractivity contribution in [1.29, 1.82) is 0 Å². The minimum atomic E-state index is -1.52. The molecule has 3 rings (SSSR count). The number of para-hydroxylation sites is 2. The number of alkyl carbamates (subject to hydrolysis) is 2. The van der Waals surface area contributed by atoms with Gasteiger partial charge in [0, 0.05) is 19.5 Å². The van der Waals surface area contributed by atoms with Crippen molar-refractivity contribution in [2.24, 2.45) is 0 Å². The minimum absolute atomic E-state index is 0.0636. The highest BCUT2D eigenvalue weighted by molar-refractivity contribution is 5.82. The summed E-state index contributed by atoms with van der Waals surface area (Å²) in [6.45, 7) is 9.20. The lowest BCUT2D eigenvalue weighted by molar-refractivity contribution is -0.140. The van der Waals surface area contributed by atoms with E-state index in [0.29, 0.717) is 22.8 Å². The van der Waals surface area contributed by atoms with E-state index in [1.165, 1.54) is 19.2 Å². The van der Waals surface area contributed by atoms with Gasteiger partial charge in [0.2, 0.25) is 5.89 Å². The second kappa shape index (κ2) is 16.4. The van der Waals surface area contributed by atoms with E-state index >= 15 is 0 Å². The number of benzene rings is 2. The smallest absolute Gasteiger partial charge is 0.408 e. The monoisotopic (exact) mass is 701 g/mol. The number of nitrogen functional groups attached to an aromatic ring is 1. The van der Waals surface area contributed by atoms with E-state index in [2.05, 4.69) is 31.5 Å². The number of hydrogen-bond acceptors (Lipinski definition) is 14. The van der Waals surface area contributed by atoms with Crippen LogP contribution in [0.3, 0.4) is 0 Å². The molecular formula is C32H43N7O11. The molecule has 0 bridgehead atoms. The maximum absolute atomic E-state index is 12.8. The van der Waals surface area contributed by atoms with Crippen LogP contribution in [0.15, 0.2) is 40.8 Å². The fourth-order valence-corrected chi connectivity index (χ4v) is 4.21. The molecule has 18 nitrogen and oxygen atoms in total. The molecule has 8 N–H and O–H groups in total. The Labute approximate surface area is 288 Å². The van der Waals surface area contributed by atoms with E-state index in [1.807, 2.05) is 0 Å². The van der Waals surface area contributed by atoms with Crippen LogP contribution in [0.25, 0.3) is 11.5 Å².